The van der Waals surface area contributed by atoms with Gasteiger partial charge in [-0.3, -0.25) is 0 Å². The molecule has 2 aliphatic carbocycles. The first-order valence-electron chi connectivity index (χ1n) is 10.8. The molecule has 1 heterocycles. The number of nitrogens with zero attached hydrogens (tertiary/aromatic N) is 1. The number of benzene rings is 2. The fourth-order valence-electron chi connectivity index (χ4n) is 3.86. The van der Waals surface area contributed by atoms with Gasteiger partial charge in [0.05, 0.1) is 18.4 Å². The van der Waals surface area contributed by atoms with Crippen LogP contribution in [0, 0.1) is 11.8 Å². The molecule has 156 valence electrons. The number of rotatable bonds is 7. The quantitative estimate of drug-likeness (QED) is 0.569. The van der Waals surface area contributed by atoms with E-state index in [1.165, 1.54) is 12.8 Å². The molecule has 3 aromatic rings. The van der Waals surface area contributed by atoms with Crippen molar-refractivity contribution in [3.63, 3.8) is 0 Å². The lowest BCUT2D eigenvalue weighted by Crippen LogP contribution is -2.23. The van der Waals surface area contributed by atoms with Crippen LogP contribution >= 0.6 is 0 Å². The lowest BCUT2D eigenvalue weighted by molar-refractivity contribution is 0.112. The van der Waals surface area contributed by atoms with Crippen LogP contribution in [-0.2, 0) is 12.8 Å². The monoisotopic (exact) mass is 405 g/mol. The summed E-state index contributed by atoms with van der Waals surface area (Å²) in [5, 5.41) is 9.87. The van der Waals surface area contributed by atoms with Crippen LogP contribution in [0.1, 0.15) is 37.6 Å². The molecule has 30 heavy (non-hydrogen) atoms. The van der Waals surface area contributed by atoms with Crippen LogP contribution in [0.3, 0.4) is 0 Å². The van der Waals surface area contributed by atoms with Crippen molar-refractivity contribution in [1.82, 2.24) is 4.98 Å². The van der Waals surface area contributed by atoms with E-state index in [9.17, 15) is 5.11 Å². The molecule has 0 radical (unpaired) electrons. The summed E-state index contributed by atoms with van der Waals surface area (Å²) in [6.07, 6.45) is 4.79. The Hall–Kier alpha value is -2.79. The molecule has 2 aromatic carbocycles. The number of hydrogen-bond donors (Lipinski definition) is 1. The predicted octanol–water partition coefficient (Wildman–Crippen LogP) is 5.41. The minimum Gasteiger partial charge on any atom is -0.493 e. The lowest BCUT2D eigenvalue weighted by Gasteiger charge is -2.22. The minimum absolute atomic E-state index is 0.248. The standard InChI is InChI=1S/C25H27NO4/c1-16(27)19-9-12-23-24(13-19)30-25(26-23)18-7-10-20(11-8-18)29-22-4-2-3-21(14-22)28-15-17-5-6-17/h2-4,7-8,10-11,14,16-17,19,27H,5-6,9,12-13,15H2,1H3. The number of aromatic nitrogens is 1. The highest BCUT2D eigenvalue weighted by Gasteiger charge is 2.27. The molecule has 2 unspecified atom stereocenters. The van der Waals surface area contributed by atoms with Crippen LogP contribution in [0.15, 0.2) is 52.9 Å². The number of aliphatic hydroxyl groups excluding tert-OH is 1. The molecule has 1 N–H and O–H groups in total. The van der Waals surface area contributed by atoms with Gasteiger partial charge in [0.1, 0.15) is 23.0 Å². The maximum Gasteiger partial charge on any atom is 0.226 e. The van der Waals surface area contributed by atoms with Gasteiger partial charge in [0.25, 0.3) is 0 Å². The number of hydrogen-bond acceptors (Lipinski definition) is 5. The highest BCUT2D eigenvalue weighted by molar-refractivity contribution is 5.55. The highest BCUT2D eigenvalue weighted by atomic mass is 16.5. The molecule has 5 nitrogen and oxygen atoms in total. The number of aryl methyl sites for hydroxylation is 1. The number of ether oxygens (including phenoxy) is 2. The molecule has 2 aliphatic rings. The highest BCUT2D eigenvalue weighted by Crippen LogP contribution is 2.33. The lowest BCUT2D eigenvalue weighted by atomic mass is 9.87. The van der Waals surface area contributed by atoms with Crippen molar-refractivity contribution in [3.8, 4) is 28.7 Å². The van der Waals surface area contributed by atoms with Gasteiger partial charge in [0.2, 0.25) is 5.89 Å². The van der Waals surface area contributed by atoms with Gasteiger partial charge >= 0.3 is 0 Å². The molecule has 0 amide bonds. The summed E-state index contributed by atoms with van der Waals surface area (Å²) in [6, 6.07) is 15.5. The number of oxazole rings is 1. The molecule has 0 saturated heterocycles. The van der Waals surface area contributed by atoms with Gasteiger partial charge in [-0.2, -0.15) is 0 Å². The van der Waals surface area contributed by atoms with E-state index in [-0.39, 0.29) is 12.0 Å². The number of fused-ring (bicyclic) bond motifs is 1. The minimum atomic E-state index is -0.319. The van der Waals surface area contributed by atoms with Gasteiger partial charge in [0.15, 0.2) is 0 Å². The Balaban J connectivity index is 1.26. The predicted molar refractivity (Wildman–Crippen MR) is 114 cm³/mol. The summed E-state index contributed by atoms with van der Waals surface area (Å²) in [7, 11) is 0. The van der Waals surface area contributed by atoms with E-state index in [0.29, 0.717) is 5.89 Å². The van der Waals surface area contributed by atoms with Gasteiger partial charge in [-0.15, -0.1) is 0 Å². The first-order valence-corrected chi connectivity index (χ1v) is 10.8. The van der Waals surface area contributed by atoms with E-state index in [4.69, 9.17) is 13.9 Å². The molecular weight excluding hydrogens is 378 g/mol. The average Bonchev–Trinajstić information content (AvgIpc) is 3.49. The topological polar surface area (TPSA) is 64.7 Å². The number of aliphatic hydroxyl groups is 1. The van der Waals surface area contributed by atoms with Crippen LogP contribution in [-0.4, -0.2) is 22.8 Å². The first kappa shape index (κ1) is 19.2. The Morgan fingerprint density at radius 1 is 1.07 bits per heavy atom. The smallest absolute Gasteiger partial charge is 0.226 e. The van der Waals surface area contributed by atoms with Crippen LogP contribution < -0.4 is 9.47 Å². The Morgan fingerprint density at radius 3 is 2.63 bits per heavy atom. The van der Waals surface area contributed by atoms with Crippen LogP contribution in [0.2, 0.25) is 0 Å². The second-order valence-corrected chi connectivity index (χ2v) is 8.49. The molecule has 1 fully saturated rings. The second-order valence-electron chi connectivity index (χ2n) is 8.49. The summed E-state index contributed by atoms with van der Waals surface area (Å²) in [5.74, 6) is 4.87. The Kier molecular flexibility index (Phi) is 5.21. The van der Waals surface area contributed by atoms with E-state index in [1.807, 2.05) is 55.5 Å². The van der Waals surface area contributed by atoms with Crippen LogP contribution in [0.4, 0.5) is 0 Å². The van der Waals surface area contributed by atoms with E-state index in [2.05, 4.69) is 4.98 Å². The van der Waals surface area contributed by atoms with Gasteiger partial charge in [0, 0.05) is 18.1 Å². The van der Waals surface area contributed by atoms with Crippen molar-refractivity contribution in [2.24, 2.45) is 11.8 Å². The third-order valence-corrected chi connectivity index (χ3v) is 5.99. The normalized spacial score (nSPS) is 19.2. The van der Waals surface area contributed by atoms with Gasteiger partial charge in [-0.25, -0.2) is 4.98 Å². The third kappa shape index (κ3) is 4.36. The summed E-state index contributed by atoms with van der Waals surface area (Å²) in [4.78, 5) is 4.67. The first-order chi connectivity index (χ1) is 14.6. The van der Waals surface area contributed by atoms with E-state index >= 15 is 0 Å². The second kappa shape index (κ2) is 8.15. The Bertz CT molecular complexity index is 1000. The van der Waals surface area contributed by atoms with Crippen molar-refractivity contribution < 1.29 is 19.0 Å². The molecule has 2 atom stereocenters. The molecule has 0 bridgehead atoms. The average molecular weight is 405 g/mol. The maximum atomic E-state index is 9.87. The molecule has 0 spiro atoms. The van der Waals surface area contributed by atoms with E-state index < -0.39 is 0 Å². The maximum absolute atomic E-state index is 9.87. The summed E-state index contributed by atoms with van der Waals surface area (Å²) >= 11 is 0. The third-order valence-electron chi connectivity index (χ3n) is 5.99. The van der Waals surface area contributed by atoms with Gasteiger partial charge in [-0.05, 0) is 80.8 Å². The van der Waals surface area contributed by atoms with Crippen LogP contribution in [0.5, 0.6) is 17.2 Å². The van der Waals surface area contributed by atoms with Crippen molar-refractivity contribution in [1.29, 1.82) is 0 Å². The zero-order chi connectivity index (χ0) is 20.5. The molecule has 0 aliphatic heterocycles. The van der Waals surface area contributed by atoms with Crippen molar-refractivity contribution in [2.75, 3.05) is 6.61 Å². The van der Waals surface area contributed by atoms with E-state index in [0.717, 1.165) is 66.1 Å². The molecule has 5 heteroatoms. The van der Waals surface area contributed by atoms with Crippen molar-refractivity contribution >= 4 is 0 Å². The SMILES string of the molecule is CC(O)C1CCc2nc(-c3ccc(Oc4cccc(OCC5CC5)c4)cc3)oc2C1. The zero-order valence-electron chi connectivity index (χ0n) is 17.2. The van der Waals surface area contributed by atoms with Crippen molar-refractivity contribution in [2.45, 2.75) is 45.1 Å². The Labute approximate surface area is 176 Å². The largest absolute Gasteiger partial charge is 0.493 e. The van der Waals surface area contributed by atoms with Crippen molar-refractivity contribution in [3.05, 3.63) is 60.0 Å². The zero-order valence-corrected chi connectivity index (χ0v) is 17.2. The van der Waals surface area contributed by atoms with Crippen LogP contribution in [0.25, 0.3) is 11.5 Å². The van der Waals surface area contributed by atoms with E-state index in [1.54, 1.807) is 0 Å². The molecular formula is C25H27NO4. The fraction of sp³-hybridized carbons (Fsp3) is 0.400. The summed E-state index contributed by atoms with van der Waals surface area (Å²) in [5.41, 5.74) is 1.94. The molecule has 5 rings (SSSR count). The molecule has 1 saturated carbocycles. The summed E-state index contributed by atoms with van der Waals surface area (Å²) in [6.45, 7) is 2.64. The Morgan fingerprint density at radius 2 is 1.87 bits per heavy atom. The van der Waals surface area contributed by atoms with Gasteiger partial charge in [-0.1, -0.05) is 6.07 Å². The summed E-state index contributed by atoms with van der Waals surface area (Å²) < 4.78 is 17.8. The fourth-order valence-corrected chi connectivity index (χ4v) is 3.86. The van der Waals surface area contributed by atoms with Gasteiger partial charge < -0.3 is 19.0 Å². The molecule has 1 aromatic heterocycles.